The highest BCUT2D eigenvalue weighted by atomic mass is 19.1. The number of H-pyrrole nitrogens is 1. The fourth-order valence-electron chi connectivity index (χ4n) is 3.67. The number of piperidine rings is 1. The van der Waals surface area contributed by atoms with E-state index in [9.17, 15) is 9.18 Å². The van der Waals surface area contributed by atoms with Crippen LogP contribution in [0.1, 0.15) is 24.2 Å². The molecule has 0 spiro atoms. The van der Waals surface area contributed by atoms with E-state index in [1.165, 1.54) is 10.6 Å². The Labute approximate surface area is 156 Å². The van der Waals surface area contributed by atoms with Gasteiger partial charge in [0.1, 0.15) is 0 Å². The van der Waals surface area contributed by atoms with Crippen LogP contribution in [0.15, 0.2) is 41.2 Å². The zero-order chi connectivity index (χ0) is 18.8. The summed E-state index contributed by atoms with van der Waals surface area (Å²) in [6.45, 7) is 4.83. The van der Waals surface area contributed by atoms with Gasteiger partial charge >= 0.3 is 0 Å². The number of halogens is 1. The summed E-state index contributed by atoms with van der Waals surface area (Å²) in [5, 5.41) is 2.98. The Kier molecular flexibility index (Phi) is 4.94. The monoisotopic (exact) mass is 370 g/mol. The molecule has 3 aromatic rings. The van der Waals surface area contributed by atoms with Crippen LogP contribution in [0.5, 0.6) is 5.75 Å². The van der Waals surface area contributed by atoms with Crippen molar-refractivity contribution in [2.75, 3.05) is 19.7 Å². The fourth-order valence-corrected chi connectivity index (χ4v) is 3.67. The zero-order valence-electron chi connectivity index (χ0n) is 15.3. The van der Waals surface area contributed by atoms with E-state index >= 15 is 0 Å². The van der Waals surface area contributed by atoms with Crippen molar-refractivity contribution in [2.24, 2.45) is 5.92 Å². The number of likely N-dealkylation sites (tertiary alicyclic amines) is 1. The third kappa shape index (κ3) is 4.03. The number of nitrogens with zero attached hydrogens (tertiary/aromatic N) is 3. The molecule has 1 saturated heterocycles. The minimum Gasteiger partial charge on any atom is -0.490 e. The molecule has 0 radical (unpaired) electrons. The zero-order valence-corrected chi connectivity index (χ0v) is 15.3. The first kappa shape index (κ1) is 17.7. The molecule has 1 atom stereocenters. The Bertz CT molecular complexity index is 997. The molecule has 6 nitrogen and oxygen atoms in total. The van der Waals surface area contributed by atoms with E-state index in [-0.39, 0.29) is 11.4 Å². The molecule has 1 aromatic carbocycles. The highest BCUT2D eigenvalue weighted by Crippen LogP contribution is 2.21. The molecule has 0 aliphatic carbocycles. The van der Waals surface area contributed by atoms with Gasteiger partial charge in [0.15, 0.2) is 17.2 Å². The van der Waals surface area contributed by atoms with Crippen LogP contribution in [-0.2, 0) is 6.54 Å². The number of para-hydroxylation sites is 1. The number of rotatable bonds is 5. The van der Waals surface area contributed by atoms with E-state index in [1.807, 2.05) is 13.0 Å². The van der Waals surface area contributed by atoms with E-state index in [0.717, 1.165) is 37.3 Å². The number of hydrogen-bond acceptors (Lipinski definition) is 4. The molecule has 142 valence electrons. The number of aromatic nitrogens is 3. The van der Waals surface area contributed by atoms with Crippen LogP contribution in [-0.4, -0.2) is 39.2 Å². The molecule has 1 N–H and O–H groups in total. The molecule has 27 heavy (non-hydrogen) atoms. The quantitative estimate of drug-likeness (QED) is 0.750. The number of benzene rings is 1. The van der Waals surface area contributed by atoms with E-state index < -0.39 is 0 Å². The second-order valence-corrected chi connectivity index (χ2v) is 7.20. The Morgan fingerprint density at radius 1 is 1.33 bits per heavy atom. The maximum Gasteiger partial charge on any atom is 0.272 e. The lowest BCUT2D eigenvalue weighted by Gasteiger charge is -2.32. The summed E-state index contributed by atoms with van der Waals surface area (Å²) >= 11 is 0. The maximum absolute atomic E-state index is 13.7. The van der Waals surface area contributed by atoms with E-state index in [0.29, 0.717) is 30.5 Å². The molecular formula is C20H23FN4O2. The van der Waals surface area contributed by atoms with Crippen molar-refractivity contribution in [3.05, 3.63) is 64.0 Å². The van der Waals surface area contributed by atoms with Gasteiger partial charge in [-0.25, -0.2) is 13.9 Å². The number of hydrogen-bond donors (Lipinski definition) is 1. The van der Waals surface area contributed by atoms with Gasteiger partial charge in [-0.1, -0.05) is 12.1 Å². The molecule has 1 unspecified atom stereocenters. The summed E-state index contributed by atoms with van der Waals surface area (Å²) < 4.78 is 20.8. The molecule has 0 amide bonds. The van der Waals surface area contributed by atoms with Crippen molar-refractivity contribution in [2.45, 2.75) is 26.3 Å². The molecular weight excluding hydrogens is 347 g/mol. The second kappa shape index (κ2) is 7.52. The molecule has 1 aliphatic heterocycles. The van der Waals surface area contributed by atoms with Crippen molar-refractivity contribution in [1.29, 1.82) is 0 Å². The van der Waals surface area contributed by atoms with Crippen LogP contribution in [0.2, 0.25) is 0 Å². The summed E-state index contributed by atoms with van der Waals surface area (Å²) in [6.07, 6.45) is 2.10. The average molecular weight is 370 g/mol. The first-order valence-corrected chi connectivity index (χ1v) is 9.26. The van der Waals surface area contributed by atoms with Crippen molar-refractivity contribution in [3.63, 3.8) is 0 Å². The number of fused-ring (bicyclic) bond motifs is 1. The largest absolute Gasteiger partial charge is 0.490 e. The molecule has 7 heteroatoms. The van der Waals surface area contributed by atoms with Gasteiger partial charge in [0.25, 0.3) is 5.56 Å². The van der Waals surface area contributed by atoms with Crippen LogP contribution in [0.3, 0.4) is 0 Å². The Morgan fingerprint density at radius 2 is 2.19 bits per heavy atom. The summed E-state index contributed by atoms with van der Waals surface area (Å²) in [5.41, 5.74) is 2.22. The van der Waals surface area contributed by atoms with Crippen LogP contribution in [0.4, 0.5) is 4.39 Å². The molecule has 3 heterocycles. The van der Waals surface area contributed by atoms with E-state index in [4.69, 9.17) is 4.74 Å². The van der Waals surface area contributed by atoms with E-state index in [2.05, 4.69) is 15.0 Å². The van der Waals surface area contributed by atoms with Crippen LogP contribution in [0.25, 0.3) is 5.65 Å². The smallest absolute Gasteiger partial charge is 0.272 e. The summed E-state index contributed by atoms with van der Waals surface area (Å²) in [4.78, 5) is 19.1. The van der Waals surface area contributed by atoms with Crippen molar-refractivity contribution < 1.29 is 9.13 Å². The third-order valence-corrected chi connectivity index (χ3v) is 4.93. The highest BCUT2D eigenvalue weighted by Gasteiger charge is 2.21. The first-order chi connectivity index (χ1) is 13.1. The van der Waals surface area contributed by atoms with Gasteiger partial charge in [-0.15, -0.1) is 0 Å². The van der Waals surface area contributed by atoms with Crippen LogP contribution in [0, 0.1) is 18.7 Å². The normalized spacial score (nSPS) is 18.1. The standard InChI is InChI=1S/C20H23FN4O2/c1-14-9-19-22-16(10-20(26)25(19)23-14)12-24-8-4-5-15(11-24)13-27-18-7-3-2-6-17(18)21/h2-3,6-7,9-10,15,23H,4-5,8,11-13H2,1H3. The summed E-state index contributed by atoms with van der Waals surface area (Å²) in [5.74, 6) is 0.306. The molecule has 0 bridgehead atoms. The Morgan fingerprint density at radius 3 is 3.04 bits per heavy atom. The molecule has 1 fully saturated rings. The first-order valence-electron chi connectivity index (χ1n) is 9.26. The predicted octanol–water partition coefficient (Wildman–Crippen LogP) is 2.76. The van der Waals surface area contributed by atoms with Crippen molar-refractivity contribution >= 4 is 5.65 Å². The number of aromatic amines is 1. The molecule has 1 aliphatic rings. The van der Waals surface area contributed by atoms with Gasteiger partial charge in [0.2, 0.25) is 0 Å². The maximum atomic E-state index is 13.7. The van der Waals surface area contributed by atoms with Crippen molar-refractivity contribution in [1.82, 2.24) is 19.5 Å². The Balaban J connectivity index is 1.40. The number of nitrogens with one attached hydrogen (secondary N) is 1. The highest BCUT2D eigenvalue weighted by molar-refractivity contribution is 5.39. The van der Waals surface area contributed by atoms with Gasteiger partial charge in [0, 0.05) is 36.8 Å². The minimum absolute atomic E-state index is 0.0976. The summed E-state index contributed by atoms with van der Waals surface area (Å²) in [7, 11) is 0. The topological polar surface area (TPSA) is 62.6 Å². The van der Waals surface area contributed by atoms with Gasteiger partial charge in [-0.05, 0) is 38.4 Å². The van der Waals surface area contributed by atoms with Crippen LogP contribution >= 0.6 is 0 Å². The van der Waals surface area contributed by atoms with E-state index in [1.54, 1.807) is 24.3 Å². The predicted molar refractivity (Wildman–Crippen MR) is 100 cm³/mol. The van der Waals surface area contributed by atoms with Gasteiger partial charge in [-0.3, -0.25) is 14.8 Å². The second-order valence-electron chi connectivity index (χ2n) is 7.20. The fraction of sp³-hybridized carbons (Fsp3) is 0.400. The molecule has 4 rings (SSSR count). The van der Waals surface area contributed by atoms with Gasteiger partial charge in [-0.2, -0.15) is 0 Å². The molecule has 2 aromatic heterocycles. The minimum atomic E-state index is -0.329. The third-order valence-electron chi connectivity index (χ3n) is 4.93. The lowest BCUT2D eigenvalue weighted by molar-refractivity contribution is 0.122. The SMILES string of the molecule is Cc1cc2nc(CN3CCCC(COc4ccccc4F)C3)cc(=O)n2[nH]1. The number of ether oxygens (including phenoxy) is 1. The summed E-state index contributed by atoms with van der Waals surface area (Å²) in [6, 6.07) is 9.94. The van der Waals surface area contributed by atoms with Crippen LogP contribution < -0.4 is 10.3 Å². The lowest BCUT2D eigenvalue weighted by atomic mass is 9.99. The number of aryl methyl sites for hydroxylation is 1. The average Bonchev–Trinajstić information content (AvgIpc) is 3.02. The lowest BCUT2D eigenvalue weighted by Crippen LogP contribution is -2.37. The molecule has 0 saturated carbocycles. The Hall–Kier alpha value is -2.67. The van der Waals surface area contributed by atoms with Crippen molar-refractivity contribution in [3.8, 4) is 5.75 Å². The van der Waals surface area contributed by atoms with Gasteiger partial charge < -0.3 is 4.74 Å². The van der Waals surface area contributed by atoms with Gasteiger partial charge in [0.05, 0.1) is 12.3 Å².